The third kappa shape index (κ3) is 3.51. The molecule has 0 unspecified atom stereocenters. The van der Waals surface area contributed by atoms with Gasteiger partial charge in [0.2, 0.25) is 0 Å². The van der Waals surface area contributed by atoms with Gasteiger partial charge in [-0.15, -0.1) is 0 Å². The zero-order chi connectivity index (χ0) is 15.6. The molecule has 1 aliphatic rings. The van der Waals surface area contributed by atoms with Crippen LogP contribution in [0.2, 0.25) is 0 Å². The van der Waals surface area contributed by atoms with Crippen LogP contribution >= 0.6 is 24.0 Å². The molecule has 0 saturated carbocycles. The zero-order valence-corrected chi connectivity index (χ0v) is 13.3. The number of rotatable bonds is 5. The van der Waals surface area contributed by atoms with Crippen molar-refractivity contribution in [2.24, 2.45) is 7.05 Å². The lowest BCUT2D eigenvalue weighted by Crippen LogP contribution is -2.29. The Balaban J connectivity index is 2.10. The van der Waals surface area contributed by atoms with E-state index in [4.69, 9.17) is 17.3 Å². The average Bonchev–Trinajstić information content (AvgIpc) is 2.86. The molecule has 1 aromatic rings. The van der Waals surface area contributed by atoms with E-state index in [1.54, 1.807) is 17.0 Å². The van der Waals surface area contributed by atoms with Crippen molar-refractivity contribution in [3.63, 3.8) is 0 Å². The Kier molecular flexibility index (Phi) is 4.79. The number of carbonyl (C=O) groups is 2. The van der Waals surface area contributed by atoms with Gasteiger partial charge in [-0.3, -0.25) is 19.2 Å². The summed E-state index contributed by atoms with van der Waals surface area (Å²) in [6, 6.07) is 0. The van der Waals surface area contributed by atoms with Crippen LogP contribution in [0.5, 0.6) is 0 Å². The summed E-state index contributed by atoms with van der Waals surface area (Å²) < 4.78 is 2.21. The van der Waals surface area contributed by atoms with Gasteiger partial charge in [-0.05, 0) is 19.4 Å². The molecule has 1 aromatic heterocycles. The standard InChI is InChI=1S/C13H15N3O3S2/c1-8-9(7-14-15(8)2)6-10-12(19)16(13(20)21-10)5-3-4-11(17)18/h6-7H,3-5H2,1-2H3,(H,17,18)/b10-6-. The molecule has 0 atom stereocenters. The summed E-state index contributed by atoms with van der Waals surface area (Å²) >= 11 is 6.42. The first kappa shape index (κ1) is 15.7. The van der Waals surface area contributed by atoms with E-state index in [2.05, 4.69) is 5.10 Å². The Bertz CT molecular complexity index is 637. The monoisotopic (exact) mass is 325 g/mol. The third-order valence-corrected chi connectivity index (χ3v) is 4.58. The molecule has 0 bridgehead atoms. The van der Waals surface area contributed by atoms with Crippen LogP contribution in [0.1, 0.15) is 24.1 Å². The number of carboxylic acids is 1. The zero-order valence-electron chi connectivity index (χ0n) is 11.7. The molecule has 8 heteroatoms. The van der Waals surface area contributed by atoms with Crippen molar-refractivity contribution < 1.29 is 14.7 Å². The maximum atomic E-state index is 12.3. The number of thiocarbonyl (C=S) groups is 1. The predicted molar refractivity (Wildman–Crippen MR) is 84.7 cm³/mol. The van der Waals surface area contributed by atoms with E-state index >= 15 is 0 Å². The minimum absolute atomic E-state index is 0.0256. The number of carbonyl (C=O) groups excluding carboxylic acids is 1. The molecule has 1 N–H and O–H groups in total. The van der Waals surface area contributed by atoms with Crippen LogP contribution < -0.4 is 0 Å². The molecule has 112 valence electrons. The lowest BCUT2D eigenvalue weighted by atomic mass is 10.2. The minimum Gasteiger partial charge on any atom is -0.481 e. The third-order valence-electron chi connectivity index (χ3n) is 3.21. The Hall–Kier alpha value is -1.67. The second kappa shape index (κ2) is 6.40. The van der Waals surface area contributed by atoms with Gasteiger partial charge < -0.3 is 5.11 Å². The lowest BCUT2D eigenvalue weighted by Gasteiger charge is -2.13. The normalized spacial score (nSPS) is 17.0. The van der Waals surface area contributed by atoms with Gasteiger partial charge in [0, 0.05) is 31.3 Å². The van der Waals surface area contributed by atoms with Crippen molar-refractivity contribution in [1.82, 2.24) is 14.7 Å². The Morgan fingerprint density at radius 1 is 1.57 bits per heavy atom. The van der Waals surface area contributed by atoms with Crippen LogP contribution in [0.3, 0.4) is 0 Å². The molecule has 6 nitrogen and oxygen atoms in total. The fraction of sp³-hybridized carbons (Fsp3) is 0.385. The van der Waals surface area contributed by atoms with Gasteiger partial charge in [0.05, 0.1) is 11.1 Å². The molecule has 21 heavy (non-hydrogen) atoms. The molecule has 0 spiro atoms. The quantitative estimate of drug-likeness (QED) is 0.657. The maximum absolute atomic E-state index is 12.3. The van der Waals surface area contributed by atoms with Gasteiger partial charge in [0.25, 0.3) is 5.91 Å². The van der Waals surface area contributed by atoms with Crippen LogP contribution in [0.25, 0.3) is 6.08 Å². The number of aromatic nitrogens is 2. The molecule has 1 saturated heterocycles. The van der Waals surface area contributed by atoms with Crippen molar-refractivity contribution in [1.29, 1.82) is 0 Å². The fourth-order valence-corrected chi connectivity index (χ4v) is 3.18. The van der Waals surface area contributed by atoms with E-state index in [-0.39, 0.29) is 12.3 Å². The number of carboxylic acid groups (broad SMARTS) is 1. The van der Waals surface area contributed by atoms with E-state index < -0.39 is 5.97 Å². The summed E-state index contributed by atoms with van der Waals surface area (Å²) in [6.07, 6.45) is 3.89. The second-order valence-electron chi connectivity index (χ2n) is 4.64. The number of hydrogen-bond donors (Lipinski definition) is 1. The van der Waals surface area contributed by atoms with E-state index in [0.29, 0.717) is 22.2 Å². The highest BCUT2D eigenvalue weighted by atomic mass is 32.2. The highest BCUT2D eigenvalue weighted by molar-refractivity contribution is 8.26. The largest absolute Gasteiger partial charge is 0.481 e. The van der Waals surface area contributed by atoms with Crippen LogP contribution in [0.15, 0.2) is 11.1 Å². The molecule has 1 amide bonds. The second-order valence-corrected chi connectivity index (χ2v) is 6.32. The van der Waals surface area contributed by atoms with Gasteiger partial charge in [-0.25, -0.2) is 0 Å². The molecule has 0 radical (unpaired) electrons. The molecule has 0 aliphatic carbocycles. The van der Waals surface area contributed by atoms with Crippen LogP contribution in [-0.2, 0) is 16.6 Å². The number of aliphatic carboxylic acids is 1. The van der Waals surface area contributed by atoms with Gasteiger partial charge in [-0.2, -0.15) is 5.10 Å². The van der Waals surface area contributed by atoms with Crippen molar-refractivity contribution in [3.8, 4) is 0 Å². The first-order valence-corrected chi connectivity index (χ1v) is 7.58. The molecule has 2 rings (SSSR count). The minimum atomic E-state index is -0.873. The molecule has 0 aromatic carbocycles. The van der Waals surface area contributed by atoms with Crippen molar-refractivity contribution >= 4 is 46.3 Å². The van der Waals surface area contributed by atoms with Gasteiger partial charge >= 0.3 is 5.97 Å². The van der Waals surface area contributed by atoms with E-state index in [9.17, 15) is 9.59 Å². The van der Waals surface area contributed by atoms with Crippen molar-refractivity contribution in [3.05, 3.63) is 22.4 Å². The summed E-state index contributed by atoms with van der Waals surface area (Å²) in [5, 5.41) is 12.8. The summed E-state index contributed by atoms with van der Waals surface area (Å²) in [4.78, 5) is 24.8. The Morgan fingerprint density at radius 3 is 2.86 bits per heavy atom. The van der Waals surface area contributed by atoms with Crippen molar-refractivity contribution in [2.75, 3.05) is 6.54 Å². The summed E-state index contributed by atoms with van der Waals surface area (Å²) in [5.74, 6) is -1.04. The van der Waals surface area contributed by atoms with Gasteiger partial charge in [-0.1, -0.05) is 24.0 Å². The topological polar surface area (TPSA) is 75.4 Å². The molecule has 1 fully saturated rings. The maximum Gasteiger partial charge on any atom is 0.303 e. The van der Waals surface area contributed by atoms with E-state index in [0.717, 1.165) is 11.3 Å². The van der Waals surface area contributed by atoms with E-state index in [1.807, 2.05) is 14.0 Å². The Morgan fingerprint density at radius 2 is 2.29 bits per heavy atom. The van der Waals surface area contributed by atoms with Crippen LogP contribution in [0, 0.1) is 6.92 Å². The average molecular weight is 325 g/mol. The first-order chi connectivity index (χ1) is 9.90. The smallest absolute Gasteiger partial charge is 0.303 e. The van der Waals surface area contributed by atoms with Crippen LogP contribution in [0.4, 0.5) is 0 Å². The number of amides is 1. The molecule has 2 heterocycles. The summed E-state index contributed by atoms with van der Waals surface area (Å²) in [7, 11) is 1.84. The predicted octanol–water partition coefficient (Wildman–Crippen LogP) is 1.79. The number of hydrogen-bond acceptors (Lipinski definition) is 5. The lowest BCUT2D eigenvalue weighted by molar-refractivity contribution is -0.137. The highest BCUT2D eigenvalue weighted by Gasteiger charge is 2.31. The Labute approximate surface area is 131 Å². The van der Waals surface area contributed by atoms with Crippen LogP contribution in [-0.4, -0.2) is 42.5 Å². The van der Waals surface area contributed by atoms with Gasteiger partial charge in [0.15, 0.2) is 0 Å². The highest BCUT2D eigenvalue weighted by Crippen LogP contribution is 2.33. The fourth-order valence-electron chi connectivity index (χ4n) is 1.88. The molecular formula is C13H15N3O3S2. The number of nitrogens with zero attached hydrogens (tertiary/aromatic N) is 3. The summed E-state index contributed by atoms with van der Waals surface area (Å²) in [5.41, 5.74) is 1.84. The molecule has 1 aliphatic heterocycles. The van der Waals surface area contributed by atoms with Crippen molar-refractivity contribution in [2.45, 2.75) is 19.8 Å². The van der Waals surface area contributed by atoms with E-state index in [1.165, 1.54) is 16.7 Å². The van der Waals surface area contributed by atoms with Gasteiger partial charge in [0.1, 0.15) is 4.32 Å². The molecular weight excluding hydrogens is 310 g/mol. The number of aryl methyl sites for hydroxylation is 1. The number of thioether (sulfide) groups is 1. The SMILES string of the molecule is Cc1c(/C=C2\SC(=S)N(CCCC(=O)O)C2=O)cnn1C. The summed E-state index contributed by atoms with van der Waals surface area (Å²) in [6.45, 7) is 2.26. The first-order valence-electron chi connectivity index (χ1n) is 6.36.